The van der Waals surface area contributed by atoms with Gasteiger partial charge in [0.25, 0.3) is 0 Å². The van der Waals surface area contributed by atoms with Gasteiger partial charge >= 0.3 is 0 Å². The second-order valence-electron chi connectivity index (χ2n) is 3.26. The van der Waals surface area contributed by atoms with Crippen LogP contribution in [0.25, 0.3) is 11.0 Å². The smallest absolute Gasteiger partial charge is 0.156 e. The number of hydrogen-bond acceptors (Lipinski definition) is 2. The van der Waals surface area contributed by atoms with Crippen molar-refractivity contribution in [1.82, 2.24) is 14.5 Å². The van der Waals surface area contributed by atoms with Crippen LogP contribution < -0.4 is 0 Å². The third-order valence-corrected chi connectivity index (χ3v) is 2.53. The third-order valence-electron chi connectivity index (χ3n) is 2.26. The summed E-state index contributed by atoms with van der Waals surface area (Å²) in [5.41, 5.74) is 1.86. The van der Waals surface area contributed by atoms with Gasteiger partial charge in [-0.05, 0) is 12.5 Å². The summed E-state index contributed by atoms with van der Waals surface area (Å²) in [7, 11) is 0. The van der Waals surface area contributed by atoms with Crippen LogP contribution in [0.15, 0.2) is 18.6 Å². The quantitative estimate of drug-likeness (QED) is 0.728. The molecule has 0 aliphatic rings. The Morgan fingerprint density at radius 3 is 3.07 bits per heavy atom. The van der Waals surface area contributed by atoms with Crippen molar-refractivity contribution in [2.45, 2.75) is 26.3 Å². The Morgan fingerprint density at radius 2 is 2.29 bits per heavy atom. The van der Waals surface area contributed by atoms with E-state index >= 15 is 0 Å². The molecule has 0 spiro atoms. The highest BCUT2D eigenvalue weighted by molar-refractivity contribution is 6.33. The summed E-state index contributed by atoms with van der Waals surface area (Å²) in [4.78, 5) is 8.14. The van der Waals surface area contributed by atoms with Crippen molar-refractivity contribution in [2.24, 2.45) is 0 Å². The van der Waals surface area contributed by atoms with E-state index in [1.165, 1.54) is 12.7 Å². The number of aromatic nitrogens is 3. The van der Waals surface area contributed by atoms with Gasteiger partial charge in [-0.25, -0.2) is 9.97 Å². The standard InChI is InChI=1S/C10H12ClN3/c1-2-3-5-14-6-4-8-9(14)10(11)13-7-12-8/h4,6-7H,2-3,5H2,1H3. The molecule has 2 aromatic heterocycles. The van der Waals surface area contributed by atoms with Crippen LogP contribution in [-0.4, -0.2) is 14.5 Å². The molecular formula is C10H12ClN3. The molecule has 0 radical (unpaired) electrons. The van der Waals surface area contributed by atoms with Crippen LogP contribution >= 0.6 is 11.6 Å². The van der Waals surface area contributed by atoms with Gasteiger partial charge in [-0.15, -0.1) is 0 Å². The van der Waals surface area contributed by atoms with Gasteiger partial charge in [0.1, 0.15) is 11.8 Å². The van der Waals surface area contributed by atoms with Gasteiger partial charge in [0, 0.05) is 12.7 Å². The van der Waals surface area contributed by atoms with E-state index < -0.39 is 0 Å². The second-order valence-corrected chi connectivity index (χ2v) is 3.62. The van der Waals surface area contributed by atoms with Gasteiger partial charge in [0.05, 0.1) is 5.52 Å². The van der Waals surface area contributed by atoms with E-state index in [-0.39, 0.29) is 0 Å². The minimum Gasteiger partial charge on any atom is -0.344 e. The van der Waals surface area contributed by atoms with Crippen LogP contribution in [0, 0.1) is 0 Å². The molecule has 14 heavy (non-hydrogen) atoms. The van der Waals surface area contributed by atoms with E-state index in [9.17, 15) is 0 Å². The number of rotatable bonds is 3. The first-order valence-corrected chi connectivity index (χ1v) is 5.16. The number of aryl methyl sites for hydroxylation is 1. The van der Waals surface area contributed by atoms with E-state index in [1.807, 2.05) is 12.3 Å². The predicted molar refractivity (Wildman–Crippen MR) is 57.4 cm³/mol. The average molecular weight is 210 g/mol. The molecular weight excluding hydrogens is 198 g/mol. The van der Waals surface area contributed by atoms with Gasteiger partial charge in [-0.3, -0.25) is 0 Å². The first-order valence-electron chi connectivity index (χ1n) is 4.78. The zero-order chi connectivity index (χ0) is 9.97. The monoisotopic (exact) mass is 209 g/mol. The first-order chi connectivity index (χ1) is 6.83. The summed E-state index contributed by atoms with van der Waals surface area (Å²) in [6.07, 6.45) is 5.83. The van der Waals surface area contributed by atoms with Gasteiger partial charge in [0.15, 0.2) is 5.15 Å². The maximum atomic E-state index is 6.01. The lowest BCUT2D eigenvalue weighted by molar-refractivity contribution is 0.649. The molecule has 0 N–H and O–H groups in total. The van der Waals surface area contributed by atoms with Crippen LogP contribution in [-0.2, 0) is 6.54 Å². The van der Waals surface area contributed by atoms with Gasteiger partial charge in [0.2, 0.25) is 0 Å². The van der Waals surface area contributed by atoms with E-state index in [0.29, 0.717) is 5.15 Å². The molecule has 2 aromatic rings. The van der Waals surface area contributed by atoms with Crippen molar-refractivity contribution >= 4 is 22.6 Å². The third kappa shape index (κ3) is 1.60. The summed E-state index contributed by atoms with van der Waals surface area (Å²) in [5, 5.41) is 0.538. The highest BCUT2D eigenvalue weighted by atomic mass is 35.5. The summed E-state index contributed by atoms with van der Waals surface area (Å²) in [6.45, 7) is 3.15. The lowest BCUT2D eigenvalue weighted by atomic mass is 10.3. The van der Waals surface area contributed by atoms with Crippen molar-refractivity contribution < 1.29 is 0 Å². The Labute approximate surface area is 87.7 Å². The fourth-order valence-corrected chi connectivity index (χ4v) is 1.76. The fraction of sp³-hybridized carbons (Fsp3) is 0.400. The summed E-state index contributed by atoms with van der Waals surface area (Å²) in [6, 6.07) is 1.97. The molecule has 4 heteroatoms. The Bertz CT molecular complexity index is 436. The Hall–Kier alpha value is -1.09. The molecule has 0 saturated heterocycles. The molecule has 2 heterocycles. The minimum absolute atomic E-state index is 0.538. The fourth-order valence-electron chi connectivity index (χ4n) is 1.51. The highest BCUT2D eigenvalue weighted by Gasteiger charge is 2.06. The number of unbranched alkanes of at least 4 members (excludes halogenated alkanes) is 1. The molecule has 2 rings (SSSR count). The zero-order valence-corrected chi connectivity index (χ0v) is 8.83. The van der Waals surface area contributed by atoms with Crippen LogP contribution in [0.2, 0.25) is 5.15 Å². The molecule has 74 valence electrons. The van der Waals surface area contributed by atoms with Crippen molar-refractivity contribution in [1.29, 1.82) is 0 Å². The maximum Gasteiger partial charge on any atom is 0.156 e. The number of hydrogen-bond donors (Lipinski definition) is 0. The zero-order valence-electron chi connectivity index (χ0n) is 8.07. The van der Waals surface area contributed by atoms with Gasteiger partial charge in [-0.2, -0.15) is 0 Å². The Kier molecular flexibility index (Phi) is 2.68. The molecule has 0 bridgehead atoms. The molecule has 0 fully saturated rings. The van der Waals surface area contributed by atoms with Gasteiger partial charge in [-0.1, -0.05) is 24.9 Å². The maximum absolute atomic E-state index is 6.01. The van der Waals surface area contributed by atoms with Crippen LogP contribution in [0.5, 0.6) is 0 Å². The van der Waals surface area contributed by atoms with Gasteiger partial charge < -0.3 is 4.57 Å². The normalized spacial score (nSPS) is 11.0. The van der Waals surface area contributed by atoms with Crippen LogP contribution in [0.4, 0.5) is 0 Å². The molecule has 0 amide bonds. The van der Waals surface area contributed by atoms with Crippen molar-refractivity contribution in [2.75, 3.05) is 0 Å². The SMILES string of the molecule is CCCCn1ccc2ncnc(Cl)c21. The van der Waals surface area contributed by atoms with Crippen molar-refractivity contribution in [3.05, 3.63) is 23.7 Å². The largest absolute Gasteiger partial charge is 0.344 e. The van der Waals surface area contributed by atoms with Crippen molar-refractivity contribution in [3.63, 3.8) is 0 Å². The van der Waals surface area contributed by atoms with E-state index in [2.05, 4.69) is 21.5 Å². The molecule has 0 atom stereocenters. The summed E-state index contributed by atoms with van der Waals surface area (Å²) < 4.78 is 2.11. The molecule has 3 nitrogen and oxygen atoms in total. The second kappa shape index (κ2) is 3.96. The lowest BCUT2D eigenvalue weighted by Gasteiger charge is -2.03. The summed E-state index contributed by atoms with van der Waals surface area (Å²) in [5.74, 6) is 0. The topological polar surface area (TPSA) is 30.7 Å². The average Bonchev–Trinajstić information content (AvgIpc) is 2.59. The first kappa shape index (κ1) is 9.46. The number of fused-ring (bicyclic) bond motifs is 1. The minimum atomic E-state index is 0.538. The predicted octanol–water partition coefficient (Wildman–Crippen LogP) is 2.88. The lowest BCUT2D eigenvalue weighted by Crippen LogP contribution is -1.96. The van der Waals surface area contributed by atoms with Crippen molar-refractivity contribution in [3.8, 4) is 0 Å². The van der Waals surface area contributed by atoms with Crippen LogP contribution in [0.1, 0.15) is 19.8 Å². The molecule has 0 aliphatic heterocycles. The number of halogens is 1. The highest BCUT2D eigenvalue weighted by Crippen LogP contribution is 2.20. The molecule has 0 aliphatic carbocycles. The molecule has 0 aromatic carbocycles. The Balaban J connectivity index is 2.45. The van der Waals surface area contributed by atoms with E-state index in [1.54, 1.807) is 0 Å². The summed E-state index contributed by atoms with van der Waals surface area (Å²) >= 11 is 6.01. The van der Waals surface area contributed by atoms with Crippen LogP contribution in [0.3, 0.4) is 0 Å². The Morgan fingerprint density at radius 1 is 1.43 bits per heavy atom. The number of nitrogens with zero attached hydrogens (tertiary/aromatic N) is 3. The van der Waals surface area contributed by atoms with E-state index in [4.69, 9.17) is 11.6 Å². The molecule has 0 saturated carbocycles. The molecule has 0 unspecified atom stereocenters. The van der Waals surface area contributed by atoms with E-state index in [0.717, 1.165) is 24.0 Å².